The van der Waals surface area contributed by atoms with Gasteiger partial charge in [0.25, 0.3) is 5.56 Å². The Morgan fingerprint density at radius 2 is 1.96 bits per heavy atom. The molecule has 1 aliphatic heterocycles. The Morgan fingerprint density at radius 1 is 1.31 bits per heavy atom. The second-order valence-corrected chi connectivity index (χ2v) is 8.05. The highest BCUT2D eigenvalue weighted by atomic mass is 79.9. The summed E-state index contributed by atoms with van der Waals surface area (Å²) in [6.45, 7) is 7.60. The maximum Gasteiger partial charge on any atom is 0.338 e. The van der Waals surface area contributed by atoms with Gasteiger partial charge in [-0.25, -0.2) is 9.79 Å². The van der Waals surface area contributed by atoms with Gasteiger partial charge >= 0.3 is 5.97 Å². The second-order valence-electron chi connectivity index (χ2n) is 6.16. The molecule has 1 aliphatic rings. The summed E-state index contributed by atoms with van der Waals surface area (Å²) in [4.78, 5) is 30.8. The number of hydrogen-bond acceptors (Lipinski definition) is 5. The number of fused-ring (bicyclic) bond motifs is 1. The lowest BCUT2D eigenvalue weighted by molar-refractivity contribution is -0.138. The van der Waals surface area contributed by atoms with Crippen LogP contribution in [0.5, 0.6) is 0 Å². The lowest BCUT2D eigenvalue weighted by atomic mass is 9.97. The van der Waals surface area contributed by atoms with Crippen LogP contribution < -0.4 is 14.9 Å². The van der Waals surface area contributed by atoms with Crippen molar-refractivity contribution in [1.82, 2.24) is 4.57 Å². The molecule has 5 nitrogen and oxygen atoms in total. The van der Waals surface area contributed by atoms with E-state index in [1.165, 1.54) is 15.9 Å². The van der Waals surface area contributed by atoms with Crippen molar-refractivity contribution < 1.29 is 9.53 Å². The SMILES string of the molecule is CCOC(=O)C1=C(C)n2c(sc(=C(C)C)c2=O)=N[C@@H]1c1ccc(Br)cc1. The highest BCUT2D eigenvalue weighted by molar-refractivity contribution is 9.10. The average Bonchev–Trinajstić information content (AvgIpc) is 2.93. The molecule has 3 rings (SSSR count). The largest absolute Gasteiger partial charge is 0.463 e. The van der Waals surface area contributed by atoms with Crippen molar-refractivity contribution in [3.8, 4) is 0 Å². The number of halogens is 1. The molecule has 2 aromatic rings. The van der Waals surface area contributed by atoms with Gasteiger partial charge < -0.3 is 4.74 Å². The molecule has 0 bridgehead atoms. The van der Waals surface area contributed by atoms with Crippen LogP contribution in [0.1, 0.15) is 39.3 Å². The normalized spacial score (nSPS) is 16.1. The zero-order valence-electron chi connectivity index (χ0n) is 15.0. The molecule has 136 valence electrons. The number of rotatable bonds is 3. The number of benzene rings is 1. The molecule has 0 saturated heterocycles. The van der Waals surface area contributed by atoms with Gasteiger partial charge in [0.15, 0.2) is 4.80 Å². The van der Waals surface area contributed by atoms with Crippen molar-refractivity contribution in [2.45, 2.75) is 33.7 Å². The summed E-state index contributed by atoms with van der Waals surface area (Å²) >= 11 is 4.78. The van der Waals surface area contributed by atoms with Crippen molar-refractivity contribution in [2.75, 3.05) is 6.61 Å². The molecule has 1 aromatic heterocycles. The first-order valence-corrected chi connectivity index (χ1v) is 9.87. The second kappa shape index (κ2) is 7.32. The standard InChI is InChI=1S/C19H19BrN2O3S/c1-5-25-18(24)14-11(4)22-17(23)16(10(2)3)26-19(22)21-15(14)12-6-8-13(20)9-7-12/h6-9,15H,5H2,1-4H3/t15-/m1/s1. The Kier molecular flexibility index (Phi) is 5.29. The molecule has 0 fully saturated rings. The molecule has 1 aromatic carbocycles. The van der Waals surface area contributed by atoms with Crippen molar-refractivity contribution in [1.29, 1.82) is 0 Å². The van der Waals surface area contributed by atoms with Gasteiger partial charge in [0.05, 0.1) is 16.7 Å². The van der Waals surface area contributed by atoms with Gasteiger partial charge in [-0.15, -0.1) is 0 Å². The number of carbonyl (C=O) groups excluding carboxylic acids is 1. The van der Waals surface area contributed by atoms with E-state index in [2.05, 4.69) is 15.9 Å². The Balaban J connectivity index is 2.33. The van der Waals surface area contributed by atoms with E-state index in [4.69, 9.17) is 9.73 Å². The van der Waals surface area contributed by atoms with Crippen LogP contribution in [0.15, 0.2) is 44.1 Å². The molecule has 0 amide bonds. The number of nitrogens with zero attached hydrogens (tertiary/aromatic N) is 2. The maximum atomic E-state index is 12.8. The van der Waals surface area contributed by atoms with E-state index < -0.39 is 12.0 Å². The number of thiazole rings is 1. The molecular formula is C19H19BrN2O3S. The number of hydrogen-bond donors (Lipinski definition) is 0. The summed E-state index contributed by atoms with van der Waals surface area (Å²) in [5, 5.41) is 0. The minimum Gasteiger partial charge on any atom is -0.463 e. The summed E-state index contributed by atoms with van der Waals surface area (Å²) in [5.41, 5.74) is 2.66. The van der Waals surface area contributed by atoms with E-state index in [-0.39, 0.29) is 12.2 Å². The molecule has 0 radical (unpaired) electrons. The summed E-state index contributed by atoms with van der Waals surface area (Å²) in [5.74, 6) is -0.441. The predicted octanol–water partition coefficient (Wildman–Crippen LogP) is 3.03. The molecule has 2 heterocycles. The predicted molar refractivity (Wildman–Crippen MR) is 107 cm³/mol. The topological polar surface area (TPSA) is 60.7 Å². The van der Waals surface area contributed by atoms with Gasteiger partial charge in [0.1, 0.15) is 6.04 Å². The monoisotopic (exact) mass is 434 g/mol. The van der Waals surface area contributed by atoms with E-state index in [0.29, 0.717) is 20.6 Å². The maximum absolute atomic E-state index is 12.8. The van der Waals surface area contributed by atoms with E-state index in [1.807, 2.05) is 38.1 Å². The molecule has 0 aliphatic carbocycles. The average molecular weight is 435 g/mol. The minimum atomic E-state index is -0.495. The Morgan fingerprint density at radius 3 is 2.54 bits per heavy atom. The Hall–Kier alpha value is -1.99. The van der Waals surface area contributed by atoms with Crippen LogP contribution in [0.4, 0.5) is 0 Å². The highest BCUT2D eigenvalue weighted by Gasteiger charge is 2.31. The zero-order valence-corrected chi connectivity index (χ0v) is 17.4. The van der Waals surface area contributed by atoms with Crippen molar-refractivity contribution in [2.24, 2.45) is 4.99 Å². The summed E-state index contributed by atoms with van der Waals surface area (Å²) < 4.78 is 8.38. The third-order valence-electron chi connectivity index (χ3n) is 4.16. The summed E-state index contributed by atoms with van der Waals surface area (Å²) in [6.07, 6.45) is 0. The lowest BCUT2D eigenvalue weighted by Crippen LogP contribution is -2.35. The van der Waals surface area contributed by atoms with Gasteiger partial charge in [-0.05, 0) is 45.4 Å². The first-order chi connectivity index (χ1) is 12.3. The van der Waals surface area contributed by atoms with Crippen molar-refractivity contribution in [3.05, 3.63) is 59.6 Å². The molecule has 7 heteroatoms. The van der Waals surface area contributed by atoms with Gasteiger partial charge in [0.2, 0.25) is 0 Å². The Labute approximate surface area is 163 Å². The Bertz CT molecular complexity index is 1070. The number of allylic oxidation sites excluding steroid dienone is 1. The number of ether oxygens (including phenoxy) is 1. The van der Waals surface area contributed by atoms with Crippen molar-refractivity contribution >= 4 is 44.5 Å². The van der Waals surface area contributed by atoms with Gasteiger partial charge in [-0.1, -0.05) is 45.0 Å². The molecular weight excluding hydrogens is 416 g/mol. The smallest absolute Gasteiger partial charge is 0.338 e. The van der Waals surface area contributed by atoms with Crippen LogP contribution in [0.3, 0.4) is 0 Å². The van der Waals surface area contributed by atoms with E-state index in [0.717, 1.165) is 15.6 Å². The van der Waals surface area contributed by atoms with E-state index >= 15 is 0 Å². The van der Waals surface area contributed by atoms with Crippen LogP contribution in [0.25, 0.3) is 11.3 Å². The lowest BCUT2D eigenvalue weighted by Gasteiger charge is -2.22. The van der Waals surface area contributed by atoms with Crippen molar-refractivity contribution in [3.63, 3.8) is 0 Å². The van der Waals surface area contributed by atoms with Crippen LogP contribution in [0.2, 0.25) is 0 Å². The zero-order chi connectivity index (χ0) is 19.0. The fourth-order valence-electron chi connectivity index (χ4n) is 2.91. The molecule has 0 unspecified atom stereocenters. The minimum absolute atomic E-state index is 0.137. The number of carbonyl (C=O) groups is 1. The third-order valence-corrected chi connectivity index (χ3v) is 5.94. The van der Waals surface area contributed by atoms with E-state index in [9.17, 15) is 9.59 Å². The molecule has 0 spiro atoms. The number of aromatic nitrogens is 1. The quantitative estimate of drug-likeness (QED) is 0.697. The first-order valence-electron chi connectivity index (χ1n) is 8.26. The first kappa shape index (κ1) is 18.8. The highest BCUT2D eigenvalue weighted by Crippen LogP contribution is 2.32. The van der Waals surface area contributed by atoms with Crippen LogP contribution >= 0.6 is 27.3 Å². The van der Waals surface area contributed by atoms with Crippen LogP contribution in [-0.2, 0) is 9.53 Å². The molecule has 0 N–H and O–H groups in total. The van der Waals surface area contributed by atoms with Crippen LogP contribution in [-0.4, -0.2) is 17.1 Å². The fraction of sp³-hybridized carbons (Fsp3) is 0.316. The number of esters is 1. The molecule has 0 saturated carbocycles. The van der Waals surface area contributed by atoms with Crippen LogP contribution in [0, 0.1) is 0 Å². The molecule has 26 heavy (non-hydrogen) atoms. The molecule has 1 atom stereocenters. The van der Waals surface area contributed by atoms with E-state index in [1.54, 1.807) is 13.8 Å². The van der Waals surface area contributed by atoms with Gasteiger partial charge in [-0.3, -0.25) is 9.36 Å². The fourth-order valence-corrected chi connectivity index (χ4v) is 4.21. The third kappa shape index (κ3) is 3.21. The van der Waals surface area contributed by atoms with Gasteiger partial charge in [0, 0.05) is 10.2 Å². The summed E-state index contributed by atoms with van der Waals surface area (Å²) in [7, 11) is 0. The summed E-state index contributed by atoms with van der Waals surface area (Å²) in [6, 6.07) is 7.17. The van der Waals surface area contributed by atoms with Gasteiger partial charge in [-0.2, -0.15) is 0 Å².